The van der Waals surface area contributed by atoms with E-state index in [4.69, 9.17) is 11.6 Å². The molecule has 2 rings (SSSR count). The van der Waals surface area contributed by atoms with E-state index in [1.807, 2.05) is 12.1 Å². The van der Waals surface area contributed by atoms with Crippen molar-refractivity contribution in [2.45, 2.75) is 32.4 Å². The molecule has 1 aromatic carbocycles. The van der Waals surface area contributed by atoms with Crippen molar-refractivity contribution >= 4 is 11.6 Å². The minimum absolute atomic E-state index is 0.518. The summed E-state index contributed by atoms with van der Waals surface area (Å²) in [6.07, 6.45) is 1.15. The summed E-state index contributed by atoms with van der Waals surface area (Å²) in [6, 6.07) is 9.53. The summed E-state index contributed by atoms with van der Waals surface area (Å²) in [5.41, 5.74) is 1.39. The average molecular weight is 281 g/mol. The molecule has 0 bridgehead atoms. The maximum atomic E-state index is 5.99. The fourth-order valence-electron chi connectivity index (χ4n) is 3.30. The molecule has 0 aromatic heterocycles. The Morgan fingerprint density at radius 3 is 2.37 bits per heavy atom. The summed E-state index contributed by atoms with van der Waals surface area (Å²) in [6.45, 7) is 6.98. The number of benzene rings is 1. The van der Waals surface area contributed by atoms with Gasteiger partial charge in [-0.25, -0.2) is 0 Å². The van der Waals surface area contributed by atoms with E-state index >= 15 is 0 Å². The van der Waals surface area contributed by atoms with E-state index in [9.17, 15) is 0 Å². The summed E-state index contributed by atoms with van der Waals surface area (Å²) in [5.74, 6) is 0.733. The van der Waals surface area contributed by atoms with E-state index in [1.54, 1.807) is 0 Å². The molecule has 0 N–H and O–H groups in total. The van der Waals surface area contributed by atoms with Crippen LogP contribution in [0.15, 0.2) is 24.3 Å². The molecule has 0 amide bonds. The summed E-state index contributed by atoms with van der Waals surface area (Å²) in [7, 11) is 4.38. The number of rotatable bonds is 4. The third-order valence-electron chi connectivity index (χ3n) is 4.35. The zero-order valence-electron chi connectivity index (χ0n) is 12.4. The molecule has 1 aromatic rings. The highest BCUT2D eigenvalue weighted by Crippen LogP contribution is 2.31. The summed E-state index contributed by atoms with van der Waals surface area (Å²) in [4.78, 5) is 4.98. The quantitative estimate of drug-likeness (QED) is 0.830. The molecule has 106 valence electrons. The smallest absolute Gasteiger partial charge is 0.0406 e. The molecule has 0 spiro atoms. The Hall–Kier alpha value is -0.570. The number of halogens is 1. The first kappa shape index (κ1) is 14.8. The Bertz CT molecular complexity index is 402. The van der Waals surface area contributed by atoms with Crippen LogP contribution in [0.3, 0.4) is 0 Å². The molecule has 0 aliphatic carbocycles. The van der Waals surface area contributed by atoms with Gasteiger partial charge in [-0.2, -0.15) is 0 Å². The Morgan fingerprint density at radius 2 is 1.89 bits per heavy atom. The number of likely N-dealkylation sites (N-methyl/N-ethyl adjacent to an activating group) is 1. The lowest BCUT2D eigenvalue weighted by atomic mass is 10.0. The number of hydrogen-bond acceptors (Lipinski definition) is 2. The third-order valence-corrected chi connectivity index (χ3v) is 4.60. The molecule has 0 saturated carbocycles. The normalized spacial score (nSPS) is 26.0. The zero-order valence-corrected chi connectivity index (χ0v) is 13.2. The van der Waals surface area contributed by atoms with Gasteiger partial charge in [0.15, 0.2) is 0 Å². The molecular formula is C16H25ClN2. The first-order chi connectivity index (χ1) is 9.02. The van der Waals surface area contributed by atoms with Crippen LogP contribution < -0.4 is 0 Å². The molecule has 3 atom stereocenters. The van der Waals surface area contributed by atoms with E-state index in [1.165, 1.54) is 12.1 Å². The number of likely N-dealkylation sites (tertiary alicyclic amines) is 1. The topological polar surface area (TPSA) is 6.48 Å². The minimum Gasteiger partial charge on any atom is -0.305 e. The van der Waals surface area contributed by atoms with Gasteiger partial charge in [0.2, 0.25) is 0 Å². The van der Waals surface area contributed by atoms with Gasteiger partial charge in [-0.1, -0.05) is 37.6 Å². The van der Waals surface area contributed by atoms with Gasteiger partial charge in [0.25, 0.3) is 0 Å². The van der Waals surface area contributed by atoms with Gasteiger partial charge in [-0.3, -0.25) is 4.90 Å². The molecule has 1 aliphatic rings. The van der Waals surface area contributed by atoms with Crippen LogP contribution in [0.1, 0.15) is 31.9 Å². The molecule has 1 aliphatic heterocycles. The van der Waals surface area contributed by atoms with Gasteiger partial charge in [0.1, 0.15) is 0 Å². The third kappa shape index (κ3) is 3.31. The van der Waals surface area contributed by atoms with Crippen molar-refractivity contribution < 1.29 is 0 Å². The van der Waals surface area contributed by atoms with Gasteiger partial charge in [0, 0.05) is 30.2 Å². The van der Waals surface area contributed by atoms with Crippen molar-refractivity contribution in [3.8, 4) is 0 Å². The molecule has 1 fully saturated rings. The second-order valence-electron chi connectivity index (χ2n) is 5.94. The van der Waals surface area contributed by atoms with Crippen molar-refractivity contribution in [1.29, 1.82) is 0 Å². The van der Waals surface area contributed by atoms with Crippen LogP contribution in [0.5, 0.6) is 0 Å². The number of nitrogens with zero attached hydrogens (tertiary/aromatic N) is 2. The Kier molecular flexibility index (Phi) is 4.88. The molecular weight excluding hydrogens is 256 g/mol. The number of hydrogen-bond donors (Lipinski definition) is 0. The van der Waals surface area contributed by atoms with Crippen LogP contribution in [-0.2, 0) is 0 Å². The Labute approximate surface area is 122 Å². The van der Waals surface area contributed by atoms with Crippen LogP contribution in [-0.4, -0.2) is 43.0 Å². The van der Waals surface area contributed by atoms with E-state index in [0.29, 0.717) is 12.1 Å². The highest BCUT2D eigenvalue weighted by atomic mass is 35.5. The van der Waals surface area contributed by atoms with Gasteiger partial charge in [-0.05, 0) is 44.1 Å². The lowest BCUT2D eigenvalue weighted by Crippen LogP contribution is -2.35. The predicted octanol–water partition coefficient (Wildman–Crippen LogP) is 3.67. The zero-order chi connectivity index (χ0) is 14.0. The summed E-state index contributed by atoms with van der Waals surface area (Å²) < 4.78 is 0. The first-order valence-electron chi connectivity index (χ1n) is 7.18. The summed E-state index contributed by atoms with van der Waals surface area (Å²) in [5, 5.41) is 0.819. The largest absolute Gasteiger partial charge is 0.305 e. The van der Waals surface area contributed by atoms with Gasteiger partial charge >= 0.3 is 0 Å². The summed E-state index contributed by atoms with van der Waals surface area (Å²) >= 11 is 5.99. The molecule has 3 heteroatoms. The Balaban J connectivity index is 2.13. The van der Waals surface area contributed by atoms with E-state index < -0.39 is 0 Å². The molecule has 2 nitrogen and oxygen atoms in total. The minimum atomic E-state index is 0.518. The van der Waals surface area contributed by atoms with Crippen LogP contribution >= 0.6 is 11.6 Å². The van der Waals surface area contributed by atoms with Crippen molar-refractivity contribution in [3.05, 3.63) is 34.9 Å². The average Bonchev–Trinajstić information content (AvgIpc) is 2.75. The van der Waals surface area contributed by atoms with Gasteiger partial charge < -0.3 is 4.90 Å². The van der Waals surface area contributed by atoms with E-state index in [0.717, 1.165) is 23.9 Å². The molecule has 0 radical (unpaired) electrons. The second kappa shape index (κ2) is 6.25. The van der Waals surface area contributed by atoms with Crippen molar-refractivity contribution in [2.75, 3.05) is 27.2 Å². The van der Waals surface area contributed by atoms with Crippen molar-refractivity contribution in [2.24, 2.45) is 5.92 Å². The molecule has 19 heavy (non-hydrogen) atoms. The lowest BCUT2D eigenvalue weighted by molar-refractivity contribution is 0.212. The van der Waals surface area contributed by atoms with Crippen molar-refractivity contribution in [1.82, 2.24) is 9.80 Å². The van der Waals surface area contributed by atoms with E-state index in [-0.39, 0.29) is 0 Å². The van der Waals surface area contributed by atoms with Crippen LogP contribution in [0.2, 0.25) is 5.02 Å². The molecule has 1 heterocycles. The van der Waals surface area contributed by atoms with Crippen LogP contribution in [0.25, 0.3) is 0 Å². The maximum absolute atomic E-state index is 5.99. The first-order valence-corrected chi connectivity index (χ1v) is 7.56. The fourth-order valence-corrected chi connectivity index (χ4v) is 3.43. The standard InChI is InChI=1S/C16H25ClN2/c1-5-15(13-6-8-14(17)9-7-13)19-10-12(2)16(11-19)18(3)4/h6-9,12,15-16H,5,10-11H2,1-4H3/t12-,15-,16+/m1/s1. The monoisotopic (exact) mass is 280 g/mol. The second-order valence-corrected chi connectivity index (χ2v) is 6.37. The SMILES string of the molecule is CC[C@H](c1ccc(Cl)cc1)N1C[C@@H](C)[C@@H](N(C)C)C1. The van der Waals surface area contributed by atoms with Crippen molar-refractivity contribution in [3.63, 3.8) is 0 Å². The maximum Gasteiger partial charge on any atom is 0.0406 e. The highest BCUT2D eigenvalue weighted by molar-refractivity contribution is 6.30. The molecule has 0 unspecified atom stereocenters. The van der Waals surface area contributed by atoms with Gasteiger partial charge in [-0.15, -0.1) is 0 Å². The van der Waals surface area contributed by atoms with E-state index in [2.05, 4.69) is 49.9 Å². The highest BCUT2D eigenvalue weighted by Gasteiger charge is 2.34. The fraction of sp³-hybridized carbons (Fsp3) is 0.625. The lowest BCUT2D eigenvalue weighted by Gasteiger charge is -2.28. The van der Waals surface area contributed by atoms with Crippen LogP contribution in [0.4, 0.5) is 0 Å². The Morgan fingerprint density at radius 1 is 1.26 bits per heavy atom. The molecule has 1 saturated heterocycles. The predicted molar refractivity (Wildman–Crippen MR) is 82.7 cm³/mol. The van der Waals surface area contributed by atoms with Crippen LogP contribution in [0, 0.1) is 5.92 Å². The van der Waals surface area contributed by atoms with Gasteiger partial charge in [0.05, 0.1) is 0 Å².